The van der Waals surface area contributed by atoms with E-state index in [1.54, 1.807) is 17.0 Å². The third-order valence-electron chi connectivity index (χ3n) is 6.32. The summed E-state index contributed by atoms with van der Waals surface area (Å²) in [6.07, 6.45) is 0.0266. The standard InChI is InChI=1S/C27H32N2O5/c1-18(2)34-22-10-8-20(9-11-22)24-23(25(30)21-6-4-19(3)5-7-21)26(31)27(32)29(24)13-12-28-14-16-33-17-15-28/h4-11,18,24,30H,12-17H2,1-3H3. The lowest BCUT2D eigenvalue weighted by atomic mass is 9.95. The summed E-state index contributed by atoms with van der Waals surface area (Å²) in [6.45, 7) is 10.0. The van der Waals surface area contributed by atoms with Crippen LogP contribution in [0.2, 0.25) is 0 Å². The zero-order valence-electron chi connectivity index (χ0n) is 20.0. The van der Waals surface area contributed by atoms with E-state index in [4.69, 9.17) is 9.47 Å². The van der Waals surface area contributed by atoms with Crippen LogP contribution in [0, 0.1) is 6.92 Å². The molecule has 1 N–H and O–H groups in total. The van der Waals surface area contributed by atoms with Crippen molar-refractivity contribution in [3.63, 3.8) is 0 Å². The van der Waals surface area contributed by atoms with Crippen LogP contribution in [0.15, 0.2) is 54.1 Å². The van der Waals surface area contributed by atoms with E-state index in [0.717, 1.165) is 24.2 Å². The maximum absolute atomic E-state index is 13.5. The second-order valence-electron chi connectivity index (χ2n) is 9.19. The van der Waals surface area contributed by atoms with Crippen LogP contribution in [-0.4, -0.2) is 62.1 Å². The zero-order valence-corrected chi connectivity index (χ0v) is 20.0. The van der Waals surface area contributed by atoms with Crippen LogP contribution in [0.4, 0.5) is 0 Å². The van der Waals surface area contributed by atoms with Gasteiger partial charge in [0.1, 0.15) is 18.8 Å². The molecule has 1 amide bonds. The second kappa shape index (κ2) is 10.4. The number of hydrogen-bond acceptors (Lipinski definition) is 5. The number of rotatable bonds is 7. The SMILES string of the molecule is Cc1ccc(C([O-])=C2C(=O)C(=O)N(CC[NH+]3CCOCC3)C2c2ccc(OC(C)C)cc2)cc1. The number of quaternary nitrogens is 1. The number of benzene rings is 2. The van der Waals surface area contributed by atoms with Gasteiger partial charge in [-0.3, -0.25) is 9.59 Å². The number of Topliss-reactive ketones (excluding diaryl/α,β-unsaturated/α-hetero) is 1. The minimum atomic E-state index is -0.720. The minimum absolute atomic E-state index is 0.0170. The summed E-state index contributed by atoms with van der Waals surface area (Å²) in [5.41, 5.74) is 2.17. The van der Waals surface area contributed by atoms with Crippen molar-refractivity contribution in [1.82, 2.24) is 4.90 Å². The fourth-order valence-corrected chi connectivity index (χ4v) is 4.50. The summed E-state index contributed by atoms with van der Waals surface area (Å²) in [6, 6.07) is 13.7. The van der Waals surface area contributed by atoms with E-state index in [1.807, 2.05) is 57.2 Å². The Morgan fingerprint density at radius 1 is 1.09 bits per heavy atom. The Kier molecular flexibility index (Phi) is 7.34. The average Bonchev–Trinajstić information content (AvgIpc) is 3.08. The van der Waals surface area contributed by atoms with Gasteiger partial charge in [0.05, 0.1) is 38.4 Å². The van der Waals surface area contributed by atoms with Crippen LogP contribution in [0.1, 0.15) is 36.6 Å². The lowest BCUT2D eigenvalue weighted by molar-refractivity contribution is -0.907. The number of ketones is 1. The minimum Gasteiger partial charge on any atom is -0.872 e. The predicted octanol–water partition coefficient (Wildman–Crippen LogP) is 0.921. The summed E-state index contributed by atoms with van der Waals surface area (Å²) >= 11 is 0. The average molecular weight is 465 g/mol. The van der Waals surface area contributed by atoms with Crippen molar-refractivity contribution in [2.45, 2.75) is 32.9 Å². The van der Waals surface area contributed by atoms with E-state index in [9.17, 15) is 14.7 Å². The molecule has 0 saturated carbocycles. The fourth-order valence-electron chi connectivity index (χ4n) is 4.50. The van der Waals surface area contributed by atoms with Gasteiger partial charge in [0, 0.05) is 5.57 Å². The molecule has 180 valence electrons. The third kappa shape index (κ3) is 5.16. The Labute approximate surface area is 200 Å². The van der Waals surface area contributed by atoms with Crippen molar-refractivity contribution in [3.8, 4) is 5.75 Å². The van der Waals surface area contributed by atoms with Crippen LogP contribution in [0.5, 0.6) is 5.75 Å². The quantitative estimate of drug-likeness (QED) is 0.374. The summed E-state index contributed by atoms with van der Waals surface area (Å²) in [5.74, 6) is -1.03. The second-order valence-corrected chi connectivity index (χ2v) is 9.19. The summed E-state index contributed by atoms with van der Waals surface area (Å²) < 4.78 is 11.2. The number of morpholine rings is 1. The van der Waals surface area contributed by atoms with E-state index in [2.05, 4.69) is 0 Å². The van der Waals surface area contributed by atoms with Gasteiger partial charge >= 0.3 is 0 Å². The molecule has 34 heavy (non-hydrogen) atoms. The molecule has 0 bridgehead atoms. The van der Waals surface area contributed by atoms with Crippen molar-refractivity contribution in [1.29, 1.82) is 0 Å². The smallest absolute Gasteiger partial charge is 0.295 e. The maximum atomic E-state index is 13.5. The first-order valence-corrected chi connectivity index (χ1v) is 11.9. The number of ether oxygens (including phenoxy) is 2. The highest BCUT2D eigenvalue weighted by Crippen LogP contribution is 2.38. The van der Waals surface area contributed by atoms with Crippen LogP contribution < -0.4 is 14.7 Å². The number of nitrogens with zero attached hydrogens (tertiary/aromatic N) is 1. The van der Waals surface area contributed by atoms with E-state index in [1.165, 1.54) is 4.90 Å². The van der Waals surface area contributed by atoms with Gasteiger partial charge in [0.25, 0.3) is 5.91 Å². The molecule has 2 saturated heterocycles. The largest absolute Gasteiger partial charge is 0.872 e. The Balaban J connectivity index is 1.71. The first-order chi connectivity index (χ1) is 16.3. The van der Waals surface area contributed by atoms with E-state index in [-0.39, 0.29) is 11.7 Å². The highest BCUT2D eigenvalue weighted by molar-refractivity contribution is 6.46. The number of likely N-dealkylation sites (tertiary alicyclic amines) is 1. The number of amides is 1. The number of hydrogen-bond donors (Lipinski definition) is 1. The Morgan fingerprint density at radius 2 is 1.74 bits per heavy atom. The molecule has 7 nitrogen and oxygen atoms in total. The Hall–Kier alpha value is -3.16. The van der Waals surface area contributed by atoms with E-state index in [0.29, 0.717) is 37.6 Å². The molecular formula is C27H32N2O5. The van der Waals surface area contributed by atoms with Gasteiger partial charge in [-0.05, 0) is 44.0 Å². The van der Waals surface area contributed by atoms with Gasteiger partial charge in [0.15, 0.2) is 0 Å². The molecule has 0 spiro atoms. The van der Waals surface area contributed by atoms with Gasteiger partial charge in [-0.1, -0.05) is 47.7 Å². The molecule has 2 aliphatic heterocycles. The number of nitrogens with one attached hydrogen (secondary N) is 1. The molecule has 2 aliphatic rings. The summed E-state index contributed by atoms with van der Waals surface area (Å²) in [7, 11) is 0. The topological polar surface area (TPSA) is 83.3 Å². The van der Waals surface area contributed by atoms with Crippen molar-refractivity contribution < 1.29 is 29.1 Å². The molecule has 4 rings (SSSR count). The lowest BCUT2D eigenvalue weighted by Gasteiger charge is -2.30. The Bertz CT molecular complexity index is 1050. The van der Waals surface area contributed by atoms with Crippen LogP contribution >= 0.6 is 0 Å². The third-order valence-corrected chi connectivity index (χ3v) is 6.32. The van der Waals surface area contributed by atoms with Gasteiger partial charge in [-0.2, -0.15) is 0 Å². The lowest BCUT2D eigenvalue weighted by Crippen LogP contribution is -3.14. The van der Waals surface area contributed by atoms with Crippen molar-refractivity contribution in [2.24, 2.45) is 0 Å². The maximum Gasteiger partial charge on any atom is 0.295 e. The normalized spacial score (nSPS) is 20.8. The van der Waals surface area contributed by atoms with Gasteiger partial charge in [-0.15, -0.1) is 0 Å². The molecule has 2 aromatic carbocycles. The highest BCUT2D eigenvalue weighted by Gasteiger charge is 2.44. The van der Waals surface area contributed by atoms with Crippen LogP contribution in [0.25, 0.3) is 5.76 Å². The highest BCUT2D eigenvalue weighted by atomic mass is 16.5. The molecule has 0 aromatic heterocycles. The summed E-state index contributed by atoms with van der Waals surface area (Å²) in [5, 5.41) is 13.5. The molecule has 0 radical (unpaired) electrons. The molecule has 0 aliphatic carbocycles. The van der Waals surface area contributed by atoms with Crippen LogP contribution in [-0.2, 0) is 14.3 Å². The van der Waals surface area contributed by atoms with E-state index < -0.39 is 23.5 Å². The number of aryl methyl sites for hydroxylation is 1. The molecule has 1 atom stereocenters. The van der Waals surface area contributed by atoms with Gasteiger partial charge < -0.3 is 24.4 Å². The number of carbonyl (C=O) groups excluding carboxylic acids is 2. The van der Waals surface area contributed by atoms with E-state index >= 15 is 0 Å². The molecule has 2 heterocycles. The van der Waals surface area contributed by atoms with Gasteiger partial charge in [-0.25, -0.2) is 0 Å². The first-order valence-electron chi connectivity index (χ1n) is 11.9. The molecule has 1 unspecified atom stereocenters. The monoisotopic (exact) mass is 464 g/mol. The van der Waals surface area contributed by atoms with Gasteiger partial charge in [0.2, 0.25) is 5.78 Å². The predicted molar refractivity (Wildman–Crippen MR) is 126 cm³/mol. The summed E-state index contributed by atoms with van der Waals surface area (Å²) in [4.78, 5) is 29.1. The first kappa shape index (κ1) is 24.0. The van der Waals surface area contributed by atoms with Crippen molar-refractivity contribution in [3.05, 3.63) is 70.8 Å². The van der Waals surface area contributed by atoms with Crippen molar-refractivity contribution >= 4 is 17.4 Å². The zero-order chi connectivity index (χ0) is 24.2. The fraction of sp³-hybridized carbons (Fsp3) is 0.407. The molecule has 2 fully saturated rings. The Morgan fingerprint density at radius 3 is 2.35 bits per heavy atom. The van der Waals surface area contributed by atoms with Crippen LogP contribution in [0.3, 0.4) is 0 Å². The molecular weight excluding hydrogens is 432 g/mol. The number of carbonyl (C=O) groups is 2. The van der Waals surface area contributed by atoms with Crippen molar-refractivity contribution in [2.75, 3.05) is 39.4 Å². The molecule has 2 aromatic rings. The molecule has 7 heteroatoms.